The number of aliphatic hydroxyl groups is 1. The summed E-state index contributed by atoms with van der Waals surface area (Å²) < 4.78 is 15.5. The summed E-state index contributed by atoms with van der Waals surface area (Å²) >= 11 is 1.55. The second kappa shape index (κ2) is 11.1. The van der Waals surface area contributed by atoms with Crippen LogP contribution in [0.4, 0.5) is 21.0 Å². The molecule has 1 atom stereocenters. The fourth-order valence-corrected chi connectivity index (χ4v) is 6.34. The largest absolute Gasteiger partial charge is 0.391 e. The van der Waals surface area contributed by atoms with Crippen LogP contribution in [-0.2, 0) is 11.2 Å². The third kappa shape index (κ3) is 5.28. The summed E-state index contributed by atoms with van der Waals surface area (Å²) in [6.45, 7) is 6.89. The molecule has 9 nitrogen and oxygen atoms in total. The minimum Gasteiger partial charge on any atom is -0.391 e. The number of nitrogens with zero attached hydrogens (tertiary/aromatic N) is 7. The van der Waals surface area contributed by atoms with Gasteiger partial charge in [-0.2, -0.15) is 0 Å². The highest BCUT2D eigenvalue weighted by molar-refractivity contribution is 7.14. The van der Waals surface area contributed by atoms with E-state index in [4.69, 9.17) is 9.97 Å². The number of likely N-dealkylation sites (tertiary alicyclic amines) is 1. The normalized spacial score (nSPS) is 18.1. The molecule has 2 fully saturated rings. The quantitative estimate of drug-likeness (QED) is 0.368. The number of β-amino-alcohol motifs (C(OH)–C–C–N with tert-alkyl or cyclic N) is 1. The predicted molar refractivity (Wildman–Crippen MR) is 156 cm³/mol. The zero-order valence-electron chi connectivity index (χ0n) is 22.8. The Bertz CT molecular complexity index is 1500. The van der Waals surface area contributed by atoms with E-state index in [0.717, 1.165) is 71.8 Å². The van der Waals surface area contributed by atoms with E-state index in [1.165, 1.54) is 12.1 Å². The van der Waals surface area contributed by atoms with Crippen molar-refractivity contribution in [2.24, 2.45) is 0 Å². The minimum atomic E-state index is -0.386. The van der Waals surface area contributed by atoms with Crippen molar-refractivity contribution in [3.05, 3.63) is 59.5 Å². The molecular weight excluding hydrogens is 529 g/mol. The average Bonchev–Trinajstić information content (AvgIpc) is 3.71. The molecule has 0 aliphatic carbocycles. The minimum absolute atomic E-state index is 0.106. The standard InChI is InChI=1S/C29H34FN7O2S/c1-3-24-28(33(2)29-32-25(19-40-29)20-4-6-21(30)7-5-20)37-16-22(8-9-26(37)31-24)35-14-12-34(13-15-35)18-27(39)36-11-10-23(38)17-36/h4-9,16,19,23,38H,3,10-15,17-18H2,1-2H3/t23-/m0/s1. The van der Waals surface area contributed by atoms with E-state index < -0.39 is 0 Å². The van der Waals surface area contributed by atoms with Crippen molar-refractivity contribution in [1.82, 2.24) is 24.2 Å². The number of imidazole rings is 1. The fraction of sp³-hybridized carbons (Fsp3) is 0.414. The van der Waals surface area contributed by atoms with Gasteiger partial charge in [0.2, 0.25) is 5.91 Å². The Morgan fingerprint density at radius 1 is 1.10 bits per heavy atom. The Labute approximate surface area is 237 Å². The van der Waals surface area contributed by atoms with Gasteiger partial charge in [0.15, 0.2) is 5.13 Å². The van der Waals surface area contributed by atoms with Crippen molar-refractivity contribution in [1.29, 1.82) is 0 Å². The number of aromatic nitrogens is 3. The molecule has 210 valence electrons. The van der Waals surface area contributed by atoms with E-state index >= 15 is 0 Å². The number of piperazine rings is 1. The predicted octanol–water partition coefficient (Wildman–Crippen LogP) is 3.64. The first-order valence-electron chi connectivity index (χ1n) is 13.8. The molecule has 6 rings (SSSR count). The maximum absolute atomic E-state index is 13.4. The molecule has 40 heavy (non-hydrogen) atoms. The molecule has 11 heteroatoms. The van der Waals surface area contributed by atoms with Crippen LogP contribution >= 0.6 is 11.3 Å². The van der Waals surface area contributed by atoms with Gasteiger partial charge in [-0.15, -0.1) is 11.3 Å². The molecule has 0 bridgehead atoms. The van der Waals surface area contributed by atoms with Crippen molar-refractivity contribution < 1.29 is 14.3 Å². The van der Waals surface area contributed by atoms with E-state index in [9.17, 15) is 14.3 Å². The van der Waals surface area contributed by atoms with Crippen molar-refractivity contribution >= 4 is 39.5 Å². The van der Waals surface area contributed by atoms with Gasteiger partial charge in [-0.3, -0.25) is 14.1 Å². The van der Waals surface area contributed by atoms with Gasteiger partial charge >= 0.3 is 0 Å². The van der Waals surface area contributed by atoms with Crippen molar-refractivity contribution in [3.63, 3.8) is 0 Å². The zero-order valence-corrected chi connectivity index (χ0v) is 23.6. The van der Waals surface area contributed by atoms with Gasteiger partial charge < -0.3 is 19.8 Å². The number of carbonyl (C=O) groups excluding carboxylic acids is 1. The molecule has 0 unspecified atom stereocenters. The molecule has 3 aromatic heterocycles. The number of pyridine rings is 1. The molecule has 1 amide bonds. The summed E-state index contributed by atoms with van der Waals surface area (Å²) in [5.74, 6) is 0.828. The number of aryl methyl sites for hydroxylation is 1. The van der Waals surface area contributed by atoms with Crippen LogP contribution in [0.25, 0.3) is 16.9 Å². The second-order valence-electron chi connectivity index (χ2n) is 10.5. The summed E-state index contributed by atoms with van der Waals surface area (Å²) in [4.78, 5) is 30.8. The molecule has 1 aromatic carbocycles. The molecule has 0 spiro atoms. The smallest absolute Gasteiger partial charge is 0.236 e. The molecule has 2 saturated heterocycles. The number of anilines is 3. The summed E-state index contributed by atoms with van der Waals surface area (Å²) in [6.07, 6.45) is 3.22. The summed E-state index contributed by atoms with van der Waals surface area (Å²) in [5, 5.41) is 12.6. The average molecular weight is 564 g/mol. The van der Waals surface area contributed by atoms with Gasteiger partial charge in [-0.25, -0.2) is 14.4 Å². The second-order valence-corrected chi connectivity index (χ2v) is 11.3. The number of amides is 1. The lowest BCUT2D eigenvalue weighted by molar-refractivity contribution is -0.131. The lowest BCUT2D eigenvalue weighted by Crippen LogP contribution is -2.50. The maximum atomic E-state index is 13.4. The van der Waals surface area contributed by atoms with Crippen molar-refractivity contribution in [3.8, 4) is 11.3 Å². The first-order chi connectivity index (χ1) is 19.4. The monoisotopic (exact) mass is 563 g/mol. The Morgan fingerprint density at radius 3 is 2.58 bits per heavy atom. The van der Waals surface area contributed by atoms with Crippen LogP contribution in [0.5, 0.6) is 0 Å². The number of hydrogen-bond donors (Lipinski definition) is 1. The molecule has 1 N–H and O–H groups in total. The fourth-order valence-electron chi connectivity index (χ4n) is 5.54. The van der Waals surface area contributed by atoms with Gasteiger partial charge in [0.05, 0.1) is 29.7 Å². The first kappa shape index (κ1) is 26.7. The number of rotatable bonds is 7. The molecule has 0 radical (unpaired) electrons. The van der Waals surface area contributed by atoms with Crippen LogP contribution in [0, 0.1) is 5.82 Å². The number of thiazole rings is 1. The molecule has 4 aromatic rings. The highest BCUT2D eigenvalue weighted by Gasteiger charge is 2.27. The topological polar surface area (TPSA) is 80.5 Å². The number of halogens is 1. The Kier molecular flexibility index (Phi) is 7.43. The summed E-state index contributed by atoms with van der Waals surface area (Å²) in [6, 6.07) is 10.6. The highest BCUT2D eigenvalue weighted by atomic mass is 32.1. The molecule has 5 heterocycles. The van der Waals surface area contributed by atoms with E-state index in [-0.39, 0.29) is 17.8 Å². The number of hydrogen-bond acceptors (Lipinski definition) is 8. The molecule has 2 aliphatic heterocycles. The third-order valence-electron chi connectivity index (χ3n) is 7.83. The van der Waals surface area contributed by atoms with Gasteiger partial charge in [-0.05, 0) is 49.2 Å². The van der Waals surface area contributed by atoms with E-state index in [1.54, 1.807) is 28.4 Å². The Hall–Kier alpha value is -3.54. The highest BCUT2D eigenvalue weighted by Crippen LogP contribution is 2.34. The van der Waals surface area contributed by atoms with E-state index in [0.29, 0.717) is 26.1 Å². The van der Waals surface area contributed by atoms with E-state index in [2.05, 4.69) is 44.4 Å². The lowest BCUT2D eigenvalue weighted by atomic mass is 10.2. The molecular formula is C29H34FN7O2S. The summed E-state index contributed by atoms with van der Waals surface area (Å²) in [7, 11) is 2.01. The van der Waals surface area contributed by atoms with Gasteiger partial charge in [-0.1, -0.05) is 6.92 Å². The van der Waals surface area contributed by atoms with Crippen molar-refractivity contribution in [2.45, 2.75) is 25.9 Å². The number of benzene rings is 1. The van der Waals surface area contributed by atoms with Crippen LogP contribution in [0.3, 0.4) is 0 Å². The van der Waals surface area contributed by atoms with Gasteiger partial charge in [0.1, 0.15) is 17.3 Å². The van der Waals surface area contributed by atoms with Gasteiger partial charge in [0, 0.05) is 63.5 Å². The molecule has 0 saturated carbocycles. The van der Waals surface area contributed by atoms with E-state index in [1.807, 2.05) is 12.4 Å². The number of aliphatic hydroxyl groups excluding tert-OH is 1. The third-order valence-corrected chi connectivity index (χ3v) is 8.75. The van der Waals surface area contributed by atoms with Crippen LogP contribution in [0.1, 0.15) is 19.0 Å². The zero-order chi connectivity index (χ0) is 27.8. The molecule has 2 aliphatic rings. The van der Waals surface area contributed by atoms with Crippen LogP contribution < -0.4 is 9.80 Å². The maximum Gasteiger partial charge on any atom is 0.236 e. The Balaban J connectivity index is 1.19. The number of carbonyl (C=O) groups is 1. The Morgan fingerprint density at radius 2 is 1.88 bits per heavy atom. The lowest BCUT2D eigenvalue weighted by Gasteiger charge is -2.36. The number of fused-ring (bicyclic) bond motifs is 1. The van der Waals surface area contributed by atoms with Gasteiger partial charge in [0.25, 0.3) is 0 Å². The van der Waals surface area contributed by atoms with Crippen LogP contribution in [-0.4, -0.2) is 94.1 Å². The van der Waals surface area contributed by atoms with Crippen LogP contribution in [0.2, 0.25) is 0 Å². The first-order valence-corrected chi connectivity index (χ1v) is 14.7. The van der Waals surface area contributed by atoms with Crippen molar-refractivity contribution in [2.75, 3.05) is 62.7 Å². The van der Waals surface area contributed by atoms with Crippen LogP contribution in [0.15, 0.2) is 48.0 Å². The SMILES string of the molecule is CCc1nc2ccc(N3CCN(CC(=O)N4CC[C@H](O)C4)CC3)cn2c1N(C)c1nc(-c2ccc(F)cc2)cs1. The summed E-state index contributed by atoms with van der Waals surface area (Å²) in [5.41, 5.74) is 4.69.